The predicted octanol–water partition coefficient (Wildman–Crippen LogP) is 2.78. The van der Waals surface area contributed by atoms with E-state index in [4.69, 9.17) is 22.1 Å². The van der Waals surface area contributed by atoms with Crippen molar-refractivity contribution >= 4 is 29.5 Å². The summed E-state index contributed by atoms with van der Waals surface area (Å²) in [4.78, 5) is 22.9. The number of hydrogen-bond donors (Lipinski definition) is 2. The number of nitrogens with two attached hydrogens (primary N) is 1. The maximum Gasteiger partial charge on any atom is 0.248 e. The van der Waals surface area contributed by atoms with Crippen LogP contribution in [0.2, 0.25) is 5.02 Å². The van der Waals surface area contributed by atoms with Gasteiger partial charge in [0.2, 0.25) is 11.8 Å². The fourth-order valence-corrected chi connectivity index (χ4v) is 2.22. The van der Waals surface area contributed by atoms with E-state index in [0.717, 1.165) is 5.56 Å². The zero-order valence-electron chi connectivity index (χ0n) is 13.1. The second-order valence-electron chi connectivity index (χ2n) is 5.00. The third-order valence-electron chi connectivity index (χ3n) is 3.31. The second kappa shape index (κ2) is 8.17. The average molecular weight is 345 g/mol. The summed E-state index contributed by atoms with van der Waals surface area (Å²) in [6.45, 7) is 0.342. The van der Waals surface area contributed by atoms with Gasteiger partial charge in [-0.05, 0) is 42.0 Å². The largest absolute Gasteiger partial charge is 0.496 e. The van der Waals surface area contributed by atoms with Crippen LogP contribution in [0.15, 0.2) is 48.5 Å². The van der Waals surface area contributed by atoms with Gasteiger partial charge in [0.25, 0.3) is 0 Å². The minimum absolute atomic E-state index is 0.254. The summed E-state index contributed by atoms with van der Waals surface area (Å²) in [5.41, 5.74) is 7.18. The number of hydrogen-bond acceptors (Lipinski definition) is 3. The SMILES string of the molecule is COc1ccc(Cl)cc1C=CC(=O)NCc1ccc(C(N)=O)cc1. The summed E-state index contributed by atoms with van der Waals surface area (Å²) >= 11 is 5.94. The number of primary amides is 1. The third kappa shape index (κ3) is 4.86. The molecule has 2 amide bonds. The summed E-state index contributed by atoms with van der Waals surface area (Å²) in [7, 11) is 1.55. The Labute approximate surface area is 145 Å². The number of carbonyl (C=O) groups excluding carboxylic acids is 2. The van der Waals surface area contributed by atoms with Gasteiger partial charge in [0.1, 0.15) is 5.75 Å². The van der Waals surface area contributed by atoms with Crippen molar-refractivity contribution in [3.05, 3.63) is 70.3 Å². The van der Waals surface area contributed by atoms with E-state index in [1.807, 2.05) is 0 Å². The Morgan fingerprint density at radius 1 is 1.21 bits per heavy atom. The molecular weight excluding hydrogens is 328 g/mol. The van der Waals surface area contributed by atoms with Gasteiger partial charge in [-0.3, -0.25) is 9.59 Å². The number of ether oxygens (including phenoxy) is 1. The van der Waals surface area contributed by atoms with Gasteiger partial charge < -0.3 is 15.8 Å². The van der Waals surface area contributed by atoms with Crippen molar-refractivity contribution in [3.63, 3.8) is 0 Å². The maximum absolute atomic E-state index is 11.9. The zero-order valence-corrected chi connectivity index (χ0v) is 13.8. The number of halogens is 1. The Morgan fingerprint density at radius 2 is 1.92 bits per heavy atom. The highest BCUT2D eigenvalue weighted by atomic mass is 35.5. The standard InChI is InChI=1S/C18H17ClN2O3/c1-24-16-8-7-15(19)10-14(16)6-9-17(22)21-11-12-2-4-13(5-3-12)18(20)23/h2-10H,11H2,1H3,(H2,20,23)(H,21,22). The first kappa shape index (κ1) is 17.6. The van der Waals surface area contributed by atoms with Crippen molar-refractivity contribution in [2.75, 3.05) is 7.11 Å². The van der Waals surface area contributed by atoms with Crippen molar-refractivity contribution in [2.24, 2.45) is 5.73 Å². The van der Waals surface area contributed by atoms with Crippen LogP contribution in [0.1, 0.15) is 21.5 Å². The van der Waals surface area contributed by atoms with Crippen LogP contribution in [0, 0.1) is 0 Å². The average Bonchev–Trinajstić information content (AvgIpc) is 2.58. The molecule has 0 saturated heterocycles. The molecule has 0 heterocycles. The van der Waals surface area contributed by atoms with Crippen molar-refractivity contribution < 1.29 is 14.3 Å². The van der Waals surface area contributed by atoms with Crippen LogP contribution in [-0.2, 0) is 11.3 Å². The first-order chi connectivity index (χ1) is 11.5. The lowest BCUT2D eigenvalue weighted by molar-refractivity contribution is -0.116. The zero-order chi connectivity index (χ0) is 17.5. The van der Waals surface area contributed by atoms with Crippen molar-refractivity contribution in [1.29, 1.82) is 0 Å². The highest BCUT2D eigenvalue weighted by Gasteiger charge is 2.03. The smallest absolute Gasteiger partial charge is 0.248 e. The van der Waals surface area contributed by atoms with Crippen LogP contribution in [0.5, 0.6) is 5.75 Å². The maximum atomic E-state index is 11.9. The Balaban J connectivity index is 1.96. The Bertz CT molecular complexity index is 770. The molecule has 24 heavy (non-hydrogen) atoms. The van der Waals surface area contributed by atoms with E-state index in [-0.39, 0.29) is 5.91 Å². The van der Waals surface area contributed by atoms with Crippen molar-refractivity contribution in [1.82, 2.24) is 5.32 Å². The van der Waals surface area contributed by atoms with Crippen LogP contribution in [0.3, 0.4) is 0 Å². The number of amides is 2. The van der Waals surface area contributed by atoms with Gasteiger partial charge in [-0.25, -0.2) is 0 Å². The van der Waals surface area contributed by atoms with Crippen LogP contribution < -0.4 is 15.8 Å². The van der Waals surface area contributed by atoms with Crippen molar-refractivity contribution in [2.45, 2.75) is 6.54 Å². The van der Waals surface area contributed by atoms with Crippen LogP contribution in [0.25, 0.3) is 6.08 Å². The van der Waals surface area contributed by atoms with Gasteiger partial charge in [-0.2, -0.15) is 0 Å². The molecular formula is C18H17ClN2O3. The lowest BCUT2D eigenvalue weighted by Gasteiger charge is -2.05. The lowest BCUT2D eigenvalue weighted by Crippen LogP contribution is -2.20. The summed E-state index contributed by atoms with van der Waals surface area (Å²) in [6.07, 6.45) is 3.04. The minimum Gasteiger partial charge on any atom is -0.496 e. The highest BCUT2D eigenvalue weighted by molar-refractivity contribution is 6.30. The van der Waals surface area contributed by atoms with Gasteiger partial charge in [0, 0.05) is 28.8 Å². The molecule has 124 valence electrons. The van der Waals surface area contributed by atoms with Gasteiger partial charge in [-0.15, -0.1) is 0 Å². The van der Waals surface area contributed by atoms with Crippen LogP contribution in [-0.4, -0.2) is 18.9 Å². The van der Waals surface area contributed by atoms with E-state index in [0.29, 0.717) is 28.4 Å². The van der Waals surface area contributed by atoms with Gasteiger partial charge in [0.15, 0.2) is 0 Å². The fourth-order valence-electron chi connectivity index (χ4n) is 2.04. The number of nitrogens with one attached hydrogen (secondary N) is 1. The van der Waals surface area contributed by atoms with Gasteiger partial charge >= 0.3 is 0 Å². The highest BCUT2D eigenvalue weighted by Crippen LogP contribution is 2.23. The normalized spacial score (nSPS) is 10.6. The number of methoxy groups -OCH3 is 1. The fraction of sp³-hybridized carbons (Fsp3) is 0.111. The molecule has 2 aromatic carbocycles. The van der Waals surface area contributed by atoms with Crippen LogP contribution in [0.4, 0.5) is 0 Å². The molecule has 0 aromatic heterocycles. The summed E-state index contributed by atoms with van der Waals surface area (Å²) in [5.74, 6) is -0.106. The molecule has 5 nitrogen and oxygen atoms in total. The number of rotatable bonds is 6. The number of carbonyl (C=O) groups is 2. The Hall–Kier alpha value is -2.79. The second-order valence-corrected chi connectivity index (χ2v) is 5.44. The molecule has 2 rings (SSSR count). The van der Waals surface area contributed by atoms with Crippen molar-refractivity contribution in [3.8, 4) is 5.75 Å². The molecule has 0 aliphatic heterocycles. The number of benzene rings is 2. The predicted molar refractivity (Wildman–Crippen MR) is 93.8 cm³/mol. The third-order valence-corrected chi connectivity index (χ3v) is 3.55. The molecule has 0 unspecified atom stereocenters. The lowest BCUT2D eigenvalue weighted by atomic mass is 10.1. The van der Waals surface area contributed by atoms with E-state index in [9.17, 15) is 9.59 Å². The molecule has 2 aromatic rings. The first-order valence-corrected chi connectivity index (χ1v) is 7.55. The molecule has 0 saturated carbocycles. The summed E-state index contributed by atoms with van der Waals surface area (Å²) in [6, 6.07) is 11.9. The monoisotopic (exact) mass is 344 g/mol. The molecule has 0 aliphatic carbocycles. The molecule has 0 fully saturated rings. The van der Waals surface area contributed by atoms with E-state index in [1.165, 1.54) is 6.08 Å². The van der Waals surface area contributed by atoms with Crippen LogP contribution >= 0.6 is 11.6 Å². The van der Waals surface area contributed by atoms with E-state index in [2.05, 4.69) is 5.32 Å². The molecule has 0 aliphatic rings. The van der Waals surface area contributed by atoms with E-state index >= 15 is 0 Å². The summed E-state index contributed by atoms with van der Waals surface area (Å²) < 4.78 is 5.21. The van der Waals surface area contributed by atoms with Gasteiger partial charge in [-0.1, -0.05) is 23.7 Å². The Morgan fingerprint density at radius 3 is 2.54 bits per heavy atom. The molecule has 0 radical (unpaired) electrons. The van der Waals surface area contributed by atoms with E-state index in [1.54, 1.807) is 55.7 Å². The minimum atomic E-state index is -0.482. The topological polar surface area (TPSA) is 81.4 Å². The molecule has 0 atom stereocenters. The quantitative estimate of drug-likeness (QED) is 0.790. The molecule has 0 spiro atoms. The molecule has 3 N–H and O–H groups in total. The van der Waals surface area contributed by atoms with E-state index < -0.39 is 5.91 Å². The molecule has 6 heteroatoms. The summed E-state index contributed by atoms with van der Waals surface area (Å²) in [5, 5.41) is 3.31. The first-order valence-electron chi connectivity index (χ1n) is 7.18. The Kier molecular flexibility index (Phi) is 5.98. The molecule has 0 bridgehead atoms. The van der Waals surface area contributed by atoms with Gasteiger partial charge in [0.05, 0.1) is 7.11 Å².